The number of rotatable bonds is 9. The molecule has 2 unspecified atom stereocenters. The number of aliphatic hydroxyl groups is 2. The molecule has 0 radical (unpaired) electrons. The van der Waals surface area contributed by atoms with Gasteiger partial charge in [0.15, 0.2) is 6.29 Å². The van der Waals surface area contributed by atoms with Gasteiger partial charge < -0.3 is 24.8 Å². The van der Waals surface area contributed by atoms with E-state index in [1.54, 1.807) is 6.92 Å². The van der Waals surface area contributed by atoms with Crippen LogP contribution < -0.4 is 0 Å². The van der Waals surface area contributed by atoms with Gasteiger partial charge in [0.2, 0.25) is 0 Å². The van der Waals surface area contributed by atoms with Crippen LogP contribution in [-0.4, -0.2) is 52.9 Å². The zero-order valence-electron chi connectivity index (χ0n) is 9.66. The predicted molar refractivity (Wildman–Crippen MR) is 56.1 cm³/mol. The number of carbonyl (C=O) groups is 2. The van der Waals surface area contributed by atoms with Crippen molar-refractivity contribution in [3.8, 4) is 0 Å². The summed E-state index contributed by atoms with van der Waals surface area (Å²) in [6.07, 6.45) is -1.76. The van der Waals surface area contributed by atoms with Crippen molar-refractivity contribution in [2.24, 2.45) is 0 Å². The van der Waals surface area contributed by atoms with Gasteiger partial charge in [-0.1, -0.05) is 0 Å². The molecular formula is C10H18O7. The van der Waals surface area contributed by atoms with E-state index < -0.39 is 24.3 Å². The summed E-state index contributed by atoms with van der Waals surface area (Å²) in [7, 11) is 0. The van der Waals surface area contributed by atoms with Gasteiger partial charge in [-0.05, 0) is 13.3 Å². The molecule has 0 fully saturated rings. The molecule has 0 aliphatic carbocycles. The number of hydrogen-bond donors (Lipinski definition) is 3. The standard InChI is InChI=1S/C10H18O7/c1-7(5-11)17-10(15)6-16-9(14)4-2-3-8(12)13/h7,10-11,15H,2-6H2,1H3,(H,12,13). The van der Waals surface area contributed by atoms with E-state index in [2.05, 4.69) is 4.74 Å². The maximum atomic E-state index is 11.1. The lowest BCUT2D eigenvalue weighted by molar-refractivity contribution is -0.180. The Morgan fingerprint density at radius 2 is 1.94 bits per heavy atom. The lowest BCUT2D eigenvalue weighted by atomic mass is 10.2. The minimum absolute atomic E-state index is 0.0193. The van der Waals surface area contributed by atoms with Crippen LogP contribution >= 0.6 is 0 Å². The van der Waals surface area contributed by atoms with Gasteiger partial charge in [0, 0.05) is 12.8 Å². The fourth-order valence-corrected chi connectivity index (χ4v) is 0.971. The largest absolute Gasteiger partial charge is 0.481 e. The lowest BCUT2D eigenvalue weighted by Gasteiger charge is -2.16. The predicted octanol–water partition coefficient (Wildman–Crippen LogP) is -0.500. The number of carboxylic acid groups (broad SMARTS) is 1. The van der Waals surface area contributed by atoms with Gasteiger partial charge in [0.1, 0.15) is 6.61 Å². The van der Waals surface area contributed by atoms with E-state index in [0.717, 1.165) is 0 Å². The molecule has 0 aliphatic rings. The Bertz CT molecular complexity index is 241. The van der Waals surface area contributed by atoms with Crippen LogP contribution in [0.4, 0.5) is 0 Å². The molecule has 2 atom stereocenters. The second-order valence-corrected chi connectivity index (χ2v) is 3.51. The first-order valence-corrected chi connectivity index (χ1v) is 5.27. The normalized spacial score (nSPS) is 14.1. The molecule has 0 aromatic heterocycles. The highest BCUT2D eigenvalue weighted by molar-refractivity contribution is 5.71. The van der Waals surface area contributed by atoms with E-state index in [-0.39, 0.29) is 32.5 Å². The molecule has 0 bridgehead atoms. The Morgan fingerprint density at radius 3 is 2.47 bits per heavy atom. The molecule has 0 amide bonds. The highest BCUT2D eigenvalue weighted by Crippen LogP contribution is 2.00. The van der Waals surface area contributed by atoms with E-state index >= 15 is 0 Å². The van der Waals surface area contributed by atoms with E-state index in [1.807, 2.05) is 0 Å². The van der Waals surface area contributed by atoms with Crippen molar-refractivity contribution in [1.82, 2.24) is 0 Å². The molecule has 0 rings (SSSR count). The fourth-order valence-electron chi connectivity index (χ4n) is 0.971. The van der Waals surface area contributed by atoms with Crippen LogP contribution in [0.2, 0.25) is 0 Å². The summed E-state index contributed by atoms with van der Waals surface area (Å²) in [4.78, 5) is 21.2. The van der Waals surface area contributed by atoms with Crippen molar-refractivity contribution < 1.29 is 34.4 Å². The average Bonchev–Trinajstić information content (AvgIpc) is 2.25. The van der Waals surface area contributed by atoms with Crippen LogP contribution in [0.3, 0.4) is 0 Å². The Labute approximate surface area is 99.0 Å². The van der Waals surface area contributed by atoms with Crippen LogP contribution in [0.25, 0.3) is 0 Å². The molecule has 3 N–H and O–H groups in total. The number of carboxylic acids is 1. The van der Waals surface area contributed by atoms with Crippen molar-refractivity contribution in [2.75, 3.05) is 13.2 Å². The van der Waals surface area contributed by atoms with Gasteiger partial charge in [-0.2, -0.15) is 0 Å². The molecular weight excluding hydrogens is 232 g/mol. The fraction of sp³-hybridized carbons (Fsp3) is 0.800. The van der Waals surface area contributed by atoms with Crippen LogP contribution in [0.1, 0.15) is 26.2 Å². The number of aliphatic carboxylic acids is 1. The minimum Gasteiger partial charge on any atom is -0.481 e. The van der Waals surface area contributed by atoms with Gasteiger partial charge in [-0.25, -0.2) is 0 Å². The summed E-state index contributed by atoms with van der Waals surface area (Å²) in [5.74, 6) is -1.57. The Kier molecular flexibility index (Phi) is 8.29. The third-order valence-corrected chi connectivity index (χ3v) is 1.80. The van der Waals surface area contributed by atoms with Crippen molar-refractivity contribution in [3.63, 3.8) is 0 Å². The number of carbonyl (C=O) groups excluding carboxylic acids is 1. The second kappa shape index (κ2) is 8.91. The highest BCUT2D eigenvalue weighted by atomic mass is 16.6. The summed E-state index contributed by atoms with van der Waals surface area (Å²) in [5.41, 5.74) is 0. The Hall–Kier alpha value is -1.18. The molecule has 7 heteroatoms. The van der Waals surface area contributed by atoms with E-state index in [4.69, 9.17) is 14.9 Å². The SMILES string of the molecule is CC(CO)OC(O)COC(=O)CCCC(=O)O. The van der Waals surface area contributed by atoms with Gasteiger partial charge in [-0.3, -0.25) is 9.59 Å². The molecule has 0 heterocycles. The monoisotopic (exact) mass is 250 g/mol. The molecule has 0 aromatic rings. The maximum absolute atomic E-state index is 11.1. The van der Waals surface area contributed by atoms with E-state index in [1.165, 1.54) is 0 Å². The molecule has 0 aromatic carbocycles. The first kappa shape index (κ1) is 15.8. The van der Waals surface area contributed by atoms with Crippen LogP contribution in [-0.2, 0) is 19.1 Å². The quantitative estimate of drug-likeness (QED) is 0.373. The van der Waals surface area contributed by atoms with Crippen LogP contribution in [0.15, 0.2) is 0 Å². The summed E-state index contributed by atoms with van der Waals surface area (Å²) >= 11 is 0. The van der Waals surface area contributed by atoms with Gasteiger partial charge in [0.05, 0.1) is 12.7 Å². The third kappa shape index (κ3) is 9.73. The first-order chi connectivity index (χ1) is 7.95. The van der Waals surface area contributed by atoms with Crippen molar-refractivity contribution in [2.45, 2.75) is 38.6 Å². The summed E-state index contributed by atoms with van der Waals surface area (Å²) in [5, 5.41) is 26.2. The molecule has 0 saturated carbocycles. The summed E-state index contributed by atoms with van der Waals surface area (Å²) < 4.78 is 9.47. The Balaban J connectivity index is 3.58. The number of aliphatic hydroxyl groups excluding tert-OH is 2. The first-order valence-electron chi connectivity index (χ1n) is 5.27. The van der Waals surface area contributed by atoms with Crippen LogP contribution in [0, 0.1) is 0 Å². The topological polar surface area (TPSA) is 113 Å². The zero-order chi connectivity index (χ0) is 13.3. The smallest absolute Gasteiger partial charge is 0.305 e. The summed E-state index contributed by atoms with van der Waals surface area (Å²) in [6, 6.07) is 0. The highest BCUT2D eigenvalue weighted by Gasteiger charge is 2.12. The lowest BCUT2D eigenvalue weighted by Crippen LogP contribution is -2.27. The molecule has 0 saturated heterocycles. The van der Waals surface area contributed by atoms with Crippen molar-refractivity contribution in [3.05, 3.63) is 0 Å². The maximum Gasteiger partial charge on any atom is 0.305 e. The average molecular weight is 250 g/mol. The van der Waals surface area contributed by atoms with Crippen LogP contribution in [0.5, 0.6) is 0 Å². The van der Waals surface area contributed by atoms with Crippen molar-refractivity contribution >= 4 is 11.9 Å². The molecule has 7 nitrogen and oxygen atoms in total. The van der Waals surface area contributed by atoms with Crippen molar-refractivity contribution in [1.29, 1.82) is 0 Å². The molecule has 17 heavy (non-hydrogen) atoms. The number of ether oxygens (including phenoxy) is 2. The summed E-state index contributed by atoms with van der Waals surface area (Å²) in [6.45, 7) is 0.970. The minimum atomic E-state index is -1.29. The van der Waals surface area contributed by atoms with E-state index in [9.17, 15) is 14.7 Å². The molecule has 0 aliphatic heterocycles. The van der Waals surface area contributed by atoms with Gasteiger partial charge in [-0.15, -0.1) is 0 Å². The van der Waals surface area contributed by atoms with E-state index in [0.29, 0.717) is 0 Å². The molecule has 100 valence electrons. The van der Waals surface area contributed by atoms with Gasteiger partial charge in [0.25, 0.3) is 0 Å². The second-order valence-electron chi connectivity index (χ2n) is 3.51. The zero-order valence-corrected chi connectivity index (χ0v) is 9.66. The number of esters is 1. The Morgan fingerprint density at radius 1 is 1.29 bits per heavy atom. The van der Waals surface area contributed by atoms with Gasteiger partial charge >= 0.3 is 11.9 Å². The molecule has 0 spiro atoms. The third-order valence-electron chi connectivity index (χ3n) is 1.80. The number of hydrogen-bond acceptors (Lipinski definition) is 6.